The number of fused-ring (bicyclic) bond motifs is 1. The summed E-state index contributed by atoms with van der Waals surface area (Å²) in [6.45, 7) is 0.637. The normalized spacial score (nSPS) is 23.0. The fourth-order valence-corrected chi connectivity index (χ4v) is 3.56. The van der Waals surface area contributed by atoms with E-state index in [4.69, 9.17) is 5.73 Å². The first kappa shape index (κ1) is 15.6. The number of amides is 2. The Morgan fingerprint density at radius 3 is 2.44 bits per heavy atom. The van der Waals surface area contributed by atoms with Gasteiger partial charge in [-0.3, -0.25) is 28.8 Å². The second kappa shape index (κ2) is 5.86. The molecule has 2 N–H and O–H groups in total. The van der Waals surface area contributed by atoms with Gasteiger partial charge in [0.05, 0.1) is 6.04 Å². The first-order valence-corrected chi connectivity index (χ1v) is 8.07. The Morgan fingerprint density at radius 2 is 1.76 bits per heavy atom. The van der Waals surface area contributed by atoms with Crippen LogP contribution in [0.1, 0.15) is 6.42 Å². The first-order chi connectivity index (χ1) is 12.1. The third kappa shape index (κ3) is 2.44. The van der Waals surface area contributed by atoms with Crippen LogP contribution in [0.15, 0.2) is 53.5 Å². The molecule has 1 unspecified atom stereocenters. The maximum absolute atomic E-state index is 12.7. The van der Waals surface area contributed by atoms with Crippen molar-refractivity contribution in [2.24, 2.45) is 5.73 Å². The van der Waals surface area contributed by atoms with Gasteiger partial charge in [0.15, 0.2) is 6.17 Å². The summed E-state index contributed by atoms with van der Waals surface area (Å²) in [6.07, 6.45) is 3.58. The van der Waals surface area contributed by atoms with Gasteiger partial charge < -0.3 is 5.73 Å². The molecule has 1 aromatic heterocycles. The molecule has 7 heteroatoms. The van der Waals surface area contributed by atoms with Crippen LogP contribution in [-0.4, -0.2) is 40.0 Å². The molecule has 2 fully saturated rings. The number of carbonyl (C=O) groups is 2. The first-order valence-electron chi connectivity index (χ1n) is 8.07. The molecule has 127 valence electrons. The van der Waals surface area contributed by atoms with Crippen molar-refractivity contribution in [1.29, 1.82) is 0 Å². The highest BCUT2D eigenvalue weighted by Gasteiger charge is 2.51. The molecule has 2 aliphatic rings. The van der Waals surface area contributed by atoms with E-state index in [0.717, 1.165) is 6.42 Å². The van der Waals surface area contributed by atoms with E-state index in [0.29, 0.717) is 17.9 Å². The number of nitrogens with two attached hydrogens (primary N) is 1. The summed E-state index contributed by atoms with van der Waals surface area (Å²) in [5.41, 5.74) is 6.68. The van der Waals surface area contributed by atoms with Crippen LogP contribution in [0.3, 0.4) is 0 Å². The van der Waals surface area contributed by atoms with E-state index in [-0.39, 0.29) is 11.5 Å². The maximum Gasteiger partial charge on any atom is 0.255 e. The van der Waals surface area contributed by atoms with Crippen molar-refractivity contribution in [2.45, 2.75) is 18.6 Å². The fourth-order valence-electron chi connectivity index (χ4n) is 3.56. The van der Waals surface area contributed by atoms with Crippen LogP contribution in [0.2, 0.25) is 0 Å². The number of nitrogens with zero attached hydrogens (tertiary/aromatic N) is 3. The Balaban J connectivity index is 1.70. The standard InChI is InChI=1S/C18H17N4O3/c19-16(24)17-21-11-3-4-14(21)18(25)22(17)13-8-6-12(7-9-13)20-10-2-1-5-15(20)23/h1-2,4-10,14,17H,3,11H2,(H2,19,24)/t14-,17?/m0/s1. The van der Waals surface area contributed by atoms with E-state index < -0.39 is 18.1 Å². The van der Waals surface area contributed by atoms with Gasteiger partial charge >= 0.3 is 0 Å². The summed E-state index contributed by atoms with van der Waals surface area (Å²) in [5.74, 6) is -0.694. The zero-order valence-electron chi connectivity index (χ0n) is 13.4. The Kier molecular flexibility index (Phi) is 3.65. The minimum atomic E-state index is -0.776. The lowest BCUT2D eigenvalue weighted by atomic mass is 10.2. The van der Waals surface area contributed by atoms with Crippen LogP contribution in [0.25, 0.3) is 5.69 Å². The van der Waals surface area contributed by atoms with Crippen LogP contribution >= 0.6 is 0 Å². The van der Waals surface area contributed by atoms with Gasteiger partial charge in [0, 0.05) is 30.2 Å². The van der Waals surface area contributed by atoms with E-state index >= 15 is 0 Å². The molecular formula is C18H17N4O3. The lowest BCUT2D eigenvalue weighted by Gasteiger charge is -2.26. The average molecular weight is 337 g/mol. The number of hydrogen-bond acceptors (Lipinski definition) is 4. The zero-order valence-corrected chi connectivity index (χ0v) is 13.4. The highest BCUT2D eigenvalue weighted by Crippen LogP contribution is 2.33. The molecule has 2 aromatic rings. The molecule has 4 rings (SSSR count). The molecule has 1 aromatic carbocycles. The van der Waals surface area contributed by atoms with Crippen molar-refractivity contribution in [3.05, 3.63) is 65.4 Å². The van der Waals surface area contributed by atoms with Gasteiger partial charge in [-0.05, 0) is 43.2 Å². The highest BCUT2D eigenvalue weighted by atomic mass is 16.2. The van der Waals surface area contributed by atoms with E-state index in [1.165, 1.54) is 15.5 Å². The lowest BCUT2D eigenvalue weighted by Crippen LogP contribution is -2.49. The molecule has 0 spiro atoms. The van der Waals surface area contributed by atoms with Crippen molar-refractivity contribution < 1.29 is 9.59 Å². The second-order valence-corrected chi connectivity index (χ2v) is 6.12. The lowest BCUT2D eigenvalue weighted by molar-refractivity contribution is -0.122. The Labute approximate surface area is 144 Å². The predicted molar refractivity (Wildman–Crippen MR) is 91.9 cm³/mol. The zero-order chi connectivity index (χ0) is 17.6. The maximum atomic E-state index is 12.7. The fraction of sp³-hybridized carbons (Fsp3) is 0.222. The van der Waals surface area contributed by atoms with Crippen molar-refractivity contribution in [3.63, 3.8) is 0 Å². The van der Waals surface area contributed by atoms with Crippen LogP contribution < -0.4 is 16.2 Å². The molecule has 2 aliphatic heterocycles. The molecule has 0 bridgehead atoms. The molecule has 0 saturated carbocycles. The van der Waals surface area contributed by atoms with Gasteiger partial charge in [-0.2, -0.15) is 0 Å². The van der Waals surface area contributed by atoms with Crippen molar-refractivity contribution in [1.82, 2.24) is 9.47 Å². The Hall–Kier alpha value is -2.93. The van der Waals surface area contributed by atoms with Gasteiger partial charge in [0.2, 0.25) is 5.91 Å². The van der Waals surface area contributed by atoms with Crippen LogP contribution in [0.4, 0.5) is 5.69 Å². The number of aromatic nitrogens is 1. The summed E-state index contributed by atoms with van der Waals surface area (Å²) < 4.78 is 1.51. The molecule has 3 heterocycles. The van der Waals surface area contributed by atoms with E-state index in [1.807, 2.05) is 11.3 Å². The second-order valence-electron chi connectivity index (χ2n) is 6.12. The topological polar surface area (TPSA) is 88.6 Å². The SMILES string of the molecule is NC(=O)C1N(c2ccc(-n3ccccc3=O)cc2)C(=O)[C@@H]2[CH]CCN12. The molecule has 25 heavy (non-hydrogen) atoms. The number of primary amides is 1. The van der Waals surface area contributed by atoms with E-state index in [1.54, 1.807) is 42.6 Å². The minimum absolute atomic E-state index is 0.141. The van der Waals surface area contributed by atoms with Crippen molar-refractivity contribution >= 4 is 17.5 Å². The summed E-state index contributed by atoms with van der Waals surface area (Å²) in [6, 6.07) is 11.5. The summed E-state index contributed by atoms with van der Waals surface area (Å²) in [5, 5.41) is 0. The molecule has 0 aliphatic carbocycles. The predicted octanol–water partition coefficient (Wildman–Crippen LogP) is 0.274. The third-order valence-electron chi connectivity index (χ3n) is 4.67. The van der Waals surface area contributed by atoms with Gasteiger partial charge in [-0.15, -0.1) is 0 Å². The quantitative estimate of drug-likeness (QED) is 0.871. The number of benzene rings is 1. The number of rotatable bonds is 3. The van der Waals surface area contributed by atoms with E-state index in [9.17, 15) is 14.4 Å². The van der Waals surface area contributed by atoms with Crippen molar-refractivity contribution in [2.75, 3.05) is 11.4 Å². The van der Waals surface area contributed by atoms with Crippen molar-refractivity contribution in [3.8, 4) is 5.69 Å². The largest absolute Gasteiger partial charge is 0.367 e. The average Bonchev–Trinajstić information content (AvgIpc) is 3.18. The van der Waals surface area contributed by atoms with Crippen LogP contribution in [-0.2, 0) is 9.59 Å². The monoisotopic (exact) mass is 337 g/mol. The Bertz CT molecular complexity index is 890. The summed E-state index contributed by atoms with van der Waals surface area (Å²) >= 11 is 0. The van der Waals surface area contributed by atoms with Gasteiger partial charge in [-0.25, -0.2) is 0 Å². The smallest absolute Gasteiger partial charge is 0.255 e. The molecule has 2 atom stereocenters. The van der Waals surface area contributed by atoms with Gasteiger partial charge in [0.25, 0.3) is 11.5 Å². The number of hydrogen-bond donors (Lipinski definition) is 1. The van der Waals surface area contributed by atoms with Gasteiger partial charge in [0.1, 0.15) is 0 Å². The number of pyridine rings is 1. The minimum Gasteiger partial charge on any atom is -0.367 e. The number of carbonyl (C=O) groups excluding carboxylic acids is 2. The molecule has 7 nitrogen and oxygen atoms in total. The number of anilines is 1. The van der Waals surface area contributed by atoms with Crippen LogP contribution in [0, 0.1) is 6.42 Å². The highest BCUT2D eigenvalue weighted by molar-refractivity contribution is 6.07. The summed E-state index contributed by atoms with van der Waals surface area (Å²) in [4.78, 5) is 39.8. The molecule has 2 amide bonds. The molecule has 1 radical (unpaired) electrons. The molecule has 2 saturated heterocycles. The summed E-state index contributed by atoms with van der Waals surface area (Å²) in [7, 11) is 0. The third-order valence-corrected chi connectivity index (χ3v) is 4.67. The Morgan fingerprint density at radius 1 is 1.04 bits per heavy atom. The molecular weight excluding hydrogens is 320 g/mol. The van der Waals surface area contributed by atoms with Crippen LogP contribution in [0.5, 0.6) is 0 Å². The van der Waals surface area contributed by atoms with E-state index in [2.05, 4.69) is 0 Å². The van der Waals surface area contributed by atoms with Gasteiger partial charge in [-0.1, -0.05) is 6.07 Å².